The summed E-state index contributed by atoms with van der Waals surface area (Å²) >= 11 is 0. The van der Waals surface area contributed by atoms with E-state index in [1.807, 2.05) is 6.08 Å². The molecule has 16 heavy (non-hydrogen) atoms. The van der Waals surface area contributed by atoms with Crippen LogP contribution in [0.15, 0.2) is 35.9 Å². The van der Waals surface area contributed by atoms with Crippen LogP contribution < -0.4 is 0 Å². The highest BCUT2D eigenvalue weighted by molar-refractivity contribution is 5.70. The highest BCUT2D eigenvalue weighted by Gasteiger charge is 2.08. The number of allylic oxidation sites excluding steroid dienone is 4. The van der Waals surface area contributed by atoms with E-state index in [1.165, 1.54) is 22.3 Å². The molecule has 1 nitrogen and oxygen atoms in total. The molecule has 0 aliphatic heterocycles. The predicted molar refractivity (Wildman–Crippen MR) is 66.8 cm³/mol. The molecular weight excluding hydrogens is 194 g/mol. The Bertz CT molecular complexity index is 513. The number of benzene rings is 1. The van der Waals surface area contributed by atoms with Gasteiger partial charge in [-0.15, -0.1) is 0 Å². The van der Waals surface area contributed by atoms with Gasteiger partial charge in [0.25, 0.3) is 0 Å². The Hall–Kier alpha value is -1.81. The van der Waals surface area contributed by atoms with Crippen LogP contribution in [0, 0.1) is 25.2 Å². The molecule has 0 saturated heterocycles. The van der Waals surface area contributed by atoms with Crippen molar-refractivity contribution in [2.75, 3.05) is 0 Å². The van der Waals surface area contributed by atoms with Gasteiger partial charge >= 0.3 is 0 Å². The smallest absolute Gasteiger partial charge is 0.0947 e. The summed E-state index contributed by atoms with van der Waals surface area (Å²) in [6.07, 6.45) is 5.86. The number of hydrogen-bond donors (Lipinski definition) is 0. The van der Waals surface area contributed by atoms with Gasteiger partial charge in [-0.25, -0.2) is 0 Å². The van der Waals surface area contributed by atoms with Crippen molar-refractivity contribution in [1.29, 1.82) is 5.26 Å². The van der Waals surface area contributed by atoms with Crippen LogP contribution in [0.5, 0.6) is 0 Å². The third kappa shape index (κ3) is 2.06. The zero-order valence-electron chi connectivity index (χ0n) is 9.75. The van der Waals surface area contributed by atoms with Crippen molar-refractivity contribution < 1.29 is 0 Å². The summed E-state index contributed by atoms with van der Waals surface area (Å²) in [5.41, 5.74) is 6.16. The summed E-state index contributed by atoms with van der Waals surface area (Å²) in [4.78, 5) is 0. The maximum Gasteiger partial charge on any atom is 0.0947 e. The van der Waals surface area contributed by atoms with Crippen LogP contribution >= 0.6 is 0 Å². The number of hydrogen-bond acceptors (Lipinski definition) is 1. The Morgan fingerprint density at radius 3 is 2.44 bits per heavy atom. The van der Waals surface area contributed by atoms with E-state index in [9.17, 15) is 0 Å². The Kier molecular flexibility index (Phi) is 2.92. The van der Waals surface area contributed by atoms with Gasteiger partial charge < -0.3 is 0 Å². The van der Waals surface area contributed by atoms with Gasteiger partial charge in [-0.1, -0.05) is 24.3 Å². The van der Waals surface area contributed by atoms with Crippen LogP contribution in [0.3, 0.4) is 0 Å². The minimum Gasteiger partial charge on any atom is -0.193 e. The van der Waals surface area contributed by atoms with Crippen LogP contribution in [0.4, 0.5) is 0 Å². The fourth-order valence-electron chi connectivity index (χ4n) is 1.91. The summed E-state index contributed by atoms with van der Waals surface area (Å²) in [5.74, 6) is 0. The van der Waals surface area contributed by atoms with Crippen molar-refractivity contribution in [3.63, 3.8) is 0 Å². The number of nitriles is 1. The lowest BCUT2D eigenvalue weighted by atomic mass is 9.92. The van der Waals surface area contributed by atoms with E-state index < -0.39 is 0 Å². The fraction of sp³-hybridized carbons (Fsp3) is 0.267. The molecule has 0 heterocycles. The topological polar surface area (TPSA) is 23.8 Å². The molecule has 0 saturated carbocycles. The molecular formula is C15H15N. The van der Waals surface area contributed by atoms with E-state index in [0.29, 0.717) is 0 Å². The second-order valence-electron chi connectivity index (χ2n) is 4.29. The Labute approximate surface area is 96.7 Å². The van der Waals surface area contributed by atoms with Crippen LogP contribution in [0.2, 0.25) is 0 Å². The molecule has 1 aliphatic rings. The lowest BCUT2D eigenvalue weighted by Gasteiger charge is -2.12. The van der Waals surface area contributed by atoms with Crippen molar-refractivity contribution in [1.82, 2.24) is 0 Å². The number of nitrogens with zero attached hydrogens (tertiary/aromatic N) is 1. The summed E-state index contributed by atoms with van der Waals surface area (Å²) in [7, 11) is 0. The predicted octanol–water partition coefficient (Wildman–Crippen LogP) is 3.93. The van der Waals surface area contributed by atoms with Gasteiger partial charge in [-0.05, 0) is 55.0 Å². The first-order valence-electron chi connectivity index (χ1n) is 5.58. The quantitative estimate of drug-likeness (QED) is 0.687. The van der Waals surface area contributed by atoms with Gasteiger partial charge in [0.15, 0.2) is 0 Å². The maximum atomic E-state index is 8.78. The van der Waals surface area contributed by atoms with Crippen LogP contribution in [0.1, 0.15) is 29.5 Å². The van der Waals surface area contributed by atoms with Crippen molar-refractivity contribution >= 4 is 5.57 Å². The molecule has 0 fully saturated rings. The van der Waals surface area contributed by atoms with E-state index in [2.05, 4.69) is 44.2 Å². The van der Waals surface area contributed by atoms with Crippen molar-refractivity contribution in [2.24, 2.45) is 0 Å². The monoisotopic (exact) mass is 209 g/mol. The fourth-order valence-corrected chi connectivity index (χ4v) is 1.91. The molecule has 1 aliphatic carbocycles. The molecule has 0 amide bonds. The largest absolute Gasteiger partial charge is 0.193 e. The minimum absolute atomic E-state index is 0.870. The second-order valence-corrected chi connectivity index (χ2v) is 4.29. The van der Waals surface area contributed by atoms with Gasteiger partial charge in [0.1, 0.15) is 0 Å². The summed E-state index contributed by atoms with van der Waals surface area (Å²) in [5, 5.41) is 8.78. The molecule has 0 unspecified atom stereocenters. The second kappa shape index (κ2) is 4.37. The Balaban J connectivity index is 2.33. The average molecular weight is 209 g/mol. The molecule has 1 aromatic carbocycles. The highest BCUT2D eigenvalue weighted by Crippen LogP contribution is 2.27. The number of rotatable bonds is 1. The normalized spacial score (nSPS) is 15.1. The van der Waals surface area contributed by atoms with Crippen LogP contribution in [-0.4, -0.2) is 0 Å². The van der Waals surface area contributed by atoms with Gasteiger partial charge in [0, 0.05) is 5.57 Å². The lowest BCUT2D eigenvalue weighted by Crippen LogP contribution is -1.93. The molecule has 0 spiro atoms. The zero-order chi connectivity index (χ0) is 11.5. The summed E-state index contributed by atoms with van der Waals surface area (Å²) in [6.45, 7) is 4.26. The summed E-state index contributed by atoms with van der Waals surface area (Å²) < 4.78 is 0. The first-order chi connectivity index (χ1) is 7.70. The minimum atomic E-state index is 0.870. The van der Waals surface area contributed by atoms with E-state index in [1.54, 1.807) is 0 Å². The van der Waals surface area contributed by atoms with Gasteiger partial charge in [0.2, 0.25) is 0 Å². The summed E-state index contributed by atoms with van der Waals surface area (Å²) in [6, 6.07) is 8.77. The lowest BCUT2D eigenvalue weighted by molar-refractivity contribution is 1.01. The highest BCUT2D eigenvalue weighted by atomic mass is 14.2. The van der Waals surface area contributed by atoms with Gasteiger partial charge in [0.05, 0.1) is 6.07 Å². The third-order valence-electron chi connectivity index (χ3n) is 3.17. The molecule has 0 bridgehead atoms. The van der Waals surface area contributed by atoms with E-state index in [0.717, 1.165) is 18.4 Å². The number of aryl methyl sites for hydroxylation is 2. The molecule has 2 rings (SSSR count). The molecule has 1 aromatic rings. The average Bonchev–Trinajstić information content (AvgIpc) is 2.33. The van der Waals surface area contributed by atoms with Crippen molar-refractivity contribution in [3.05, 3.63) is 52.6 Å². The van der Waals surface area contributed by atoms with Gasteiger partial charge in [-0.2, -0.15) is 5.26 Å². The zero-order valence-corrected chi connectivity index (χ0v) is 9.75. The van der Waals surface area contributed by atoms with Crippen molar-refractivity contribution in [3.8, 4) is 6.07 Å². The first-order valence-corrected chi connectivity index (χ1v) is 5.58. The molecule has 0 radical (unpaired) electrons. The van der Waals surface area contributed by atoms with Crippen LogP contribution in [-0.2, 0) is 0 Å². The first kappa shape index (κ1) is 10.7. The van der Waals surface area contributed by atoms with E-state index in [-0.39, 0.29) is 0 Å². The molecule has 80 valence electrons. The molecule has 0 atom stereocenters. The Morgan fingerprint density at radius 1 is 1.06 bits per heavy atom. The van der Waals surface area contributed by atoms with Gasteiger partial charge in [-0.3, -0.25) is 0 Å². The van der Waals surface area contributed by atoms with Crippen molar-refractivity contribution in [2.45, 2.75) is 26.7 Å². The maximum absolute atomic E-state index is 8.78. The van der Waals surface area contributed by atoms with E-state index in [4.69, 9.17) is 5.26 Å². The molecule has 0 N–H and O–H groups in total. The standard InChI is InChI=1S/C15H15N/c1-11-3-6-15(9-12(11)2)14-7-4-13(10-16)5-8-14/h3-4,6-7,9H,5,8H2,1-2H3. The molecule has 1 heteroatoms. The molecule has 0 aromatic heterocycles. The van der Waals surface area contributed by atoms with Crippen LogP contribution in [0.25, 0.3) is 5.57 Å². The van der Waals surface area contributed by atoms with E-state index >= 15 is 0 Å². The third-order valence-corrected chi connectivity index (χ3v) is 3.17. The SMILES string of the molecule is Cc1ccc(C2=CC=C(C#N)CC2)cc1C. The Morgan fingerprint density at radius 2 is 1.88 bits per heavy atom.